The molecule has 180 valence electrons. The maximum atomic E-state index is 13.8. The molecule has 3 atom stereocenters. The fourth-order valence-electron chi connectivity index (χ4n) is 4.83. The Bertz CT molecular complexity index is 1260. The molecule has 0 aromatic heterocycles. The van der Waals surface area contributed by atoms with E-state index in [0.29, 0.717) is 34.2 Å². The summed E-state index contributed by atoms with van der Waals surface area (Å²) in [6, 6.07) is 19.6. The fourth-order valence-corrected chi connectivity index (χ4v) is 4.83. The molecule has 2 amide bonds. The first-order valence-corrected chi connectivity index (χ1v) is 11.2. The second-order valence-electron chi connectivity index (χ2n) is 8.43. The number of nitrogens with zero attached hydrogens (tertiary/aromatic N) is 2. The Morgan fingerprint density at radius 3 is 2.06 bits per heavy atom. The fraction of sp³-hybridized carbons (Fsp3) is 0.259. The number of fused-ring (bicyclic) bond motifs is 1. The number of aryl methyl sites for hydroxylation is 1. The van der Waals surface area contributed by atoms with E-state index >= 15 is 0 Å². The predicted octanol–water partition coefficient (Wildman–Crippen LogP) is 4.07. The van der Waals surface area contributed by atoms with Crippen LogP contribution in [0, 0.1) is 12.8 Å². The van der Waals surface area contributed by atoms with Crippen LogP contribution in [0.25, 0.3) is 0 Å². The number of anilines is 2. The number of amides is 2. The van der Waals surface area contributed by atoms with Crippen molar-refractivity contribution in [3.05, 3.63) is 77.9 Å². The van der Waals surface area contributed by atoms with Crippen LogP contribution < -0.4 is 24.2 Å². The summed E-state index contributed by atoms with van der Waals surface area (Å²) in [6.45, 7) is 1.95. The van der Waals surface area contributed by atoms with Gasteiger partial charge in [-0.25, -0.2) is 9.96 Å². The standard InChI is InChI=1S/C27H26N2O6/c1-16-10-12-17(13-11-16)28-26(30)21-22(19-14-15-20(32-2)24(34-4)23(19)33-3)29(35-25(21)27(28)31)18-8-6-5-7-9-18/h5-15,21-22,25H,1-4H3/t21-,22+,25+/m0/s1. The second kappa shape index (κ2) is 8.96. The van der Waals surface area contributed by atoms with Crippen molar-refractivity contribution < 1.29 is 28.6 Å². The van der Waals surface area contributed by atoms with Crippen molar-refractivity contribution in [3.8, 4) is 17.2 Å². The van der Waals surface area contributed by atoms with Gasteiger partial charge in [0, 0.05) is 5.56 Å². The molecule has 2 aliphatic rings. The molecule has 0 bridgehead atoms. The maximum absolute atomic E-state index is 13.8. The number of methoxy groups -OCH3 is 3. The van der Waals surface area contributed by atoms with Crippen LogP contribution in [-0.2, 0) is 14.4 Å². The maximum Gasteiger partial charge on any atom is 0.266 e. The Hall–Kier alpha value is -4.04. The molecule has 35 heavy (non-hydrogen) atoms. The number of hydroxylamine groups is 1. The third kappa shape index (κ3) is 3.57. The highest BCUT2D eigenvalue weighted by Crippen LogP contribution is 2.52. The first-order valence-electron chi connectivity index (χ1n) is 11.2. The molecule has 3 aromatic rings. The molecule has 0 spiro atoms. The highest BCUT2D eigenvalue weighted by molar-refractivity contribution is 6.24. The van der Waals surface area contributed by atoms with Crippen molar-refractivity contribution in [2.75, 3.05) is 31.3 Å². The summed E-state index contributed by atoms with van der Waals surface area (Å²) < 4.78 is 16.8. The smallest absolute Gasteiger partial charge is 0.266 e. The molecule has 0 aliphatic carbocycles. The lowest BCUT2D eigenvalue weighted by molar-refractivity contribution is -0.126. The molecule has 2 aliphatic heterocycles. The van der Waals surface area contributed by atoms with Gasteiger partial charge < -0.3 is 14.2 Å². The van der Waals surface area contributed by atoms with Crippen LogP contribution in [0.4, 0.5) is 11.4 Å². The van der Waals surface area contributed by atoms with Gasteiger partial charge in [-0.2, -0.15) is 0 Å². The van der Waals surface area contributed by atoms with E-state index in [-0.39, 0.29) is 5.91 Å². The minimum Gasteiger partial charge on any atom is -0.493 e. The number of ether oxygens (including phenoxy) is 3. The van der Waals surface area contributed by atoms with E-state index < -0.39 is 24.0 Å². The van der Waals surface area contributed by atoms with Gasteiger partial charge in [-0.05, 0) is 43.3 Å². The largest absolute Gasteiger partial charge is 0.493 e. The zero-order valence-electron chi connectivity index (χ0n) is 19.9. The van der Waals surface area contributed by atoms with Gasteiger partial charge in [0.25, 0.3) is 5.91 Å². The molecule has 8 nitrogen and oxygen atoms in total. The lowest BCUT2D eigenvalue weighted by atomic mass is 9.89. The highest BCUT2D eigenvalue weighted by atomic mass is 16.7. The zero-order chi connectivity index (χ0) is 24.7. The minimum absolute atomic E-state index is 0.330. The van der Waals surface area contributed by atoms with Crippen molar-refractivity contribution in [1.29, 1.82) is 0 Å². The number of benzene rings is 3. The van der Waals surface area contributed by atoms with Gasteiger partial charge in [0.15, 0.2) is 17.6 Å². The van der Waals surface area contributed by atoms with E-state index in [1.54, 1.807) is 30.4 Å². The number of rotatable bonds is 6. The topological polar surface area (TPSA) is 77.5 Å². The first-order chi connectivity index (χ1) is 17.0. The highest BCUT2D eigenvalue weighted by Gasteiger charge is 2.61. The van der Waals surface area contributed by atoms with E-state index in [9.17, 15) is 9.59 Å². The molecule has 3 aromatic carbocycles. The molecule has 0 saturated carbocycles. The Balaban J connectivity index is 1.65. The van der Waals surface area contributed by atoms with E-state index in [1.807, 2.05) is 55.5 Å². The molecular formula is C27H26N2O6. The van der Waals surface area contributed by atoms with E-state index in [2.05, 4.69) is 0 Å². The van der Waals surface area contributed by atoms with Gasteiger partial charge in [0.2, 0.25) is 11.7 Å². The van der Waals surface area contributed by atoms with Crippen molar-refractivity contribution >= 4 is 23.2 Å². The average molecular weight is 475 g/mol. The Labute approximate surface area is 203 Å². The molecule has 2 saturated heterocycles. The second-order valence-corrected chi connectivity index (χ2v) is 8.43. The molecule has 2 heterocycles. The molecule has 8 heteroatoms. The van der Waals surface area contributed by atoms with Crippen LogP contribution in [0.3, 0.4) is 0 Å². The number of carbonyl (C=O) groups is 2. The summed E-state index contributed by atoms with van der Waals surface area (Å²) >= 11 is 0. The summed E-state index contributed by atoms with van der Waals surface area (Å²) in [4.78, 5) is 34.8. The van der Waals surface area contributed by atoms with Crippen LogP contribution in [0.1, 0.15) is 17.2 Å². The van der Waals surface area contributed by atoms with E-state index in [4.69, 9.17) is 19.0 Å². The van der Waals surface area contributed by atoms with Gasteiger partial charge in [0.1, 0.15) is 12.0 Å². The van der Waals surface area contributed by atoms with Gasteiger partial charge in [-0.15, -0.1) is 0 Å². The lowest BCUT2D eigenvalue weighted by Gasteiger charge is -2.30. The van der Waals surface area contributed by atoms with E-state index in [0.717, 1.165) is 5.56 Å². The summed E-state index contributed by atoms with van der Waals surface area (Å²) in [5, 5.41) is 1.63. The van der Waals surface area contributed by atoms with Crippen LogP contribution in [0.2, 0.25) is 0 Å². The third-order valence-electron chi connectivity index (χ3n) is 6.47. The van der Waals surface area contributed by atoms with Crippen molar-refractivity contribution in [1.82, 2.24) is 0 Å². The summed E-state index contributed by atoms with van der Waals surface area (Å²) in [5.74, 6) is -0.219. The molecule has 0 unspecified atom stereocenters. The number of hydrogen-bond acceptors (Lipinski definition) is 7. The normalized spacial score (nSPS) is 21.3. The van der Waals surface area contributed by atoms with Crippen LogP contribution in [0.15, 0.2) is 66.7 Å². The number of para-hydroxylation sites is 1. The summed E-state index contributed by atoms with van der Waals surface area (Å²) in [7, 11) is 4.60. The molecule has 2 fully saturated rings. The first kappa shape index (κ1) is 22.7. The minimum atomic E-state index is -0.980. The van der Waals surface area contributed by atoms with Crippen LogP contribution in [-0.4, -0.2) is 39.2 Å². The number of hydrogen-bond donors (Lipinski definition) is 0. The third-order valence-corrected chi connectivity index (χ3v) is 6.47. The average Bonchev–Trinajstić information content (AvgIpc) is 3.39. The summed E-state index contributed by atoms with van der Waals surface area (Å²) in [5.41, 5.74) is 2.92. The van der Waals surface area contributed by atoms with Gasteiger partial charge >= 0.3 is 0 Å². The SMILES string of the molecule is COc1ccc([C@@H]2[C@@H]3C(=O)N(c4ccc(C)cc4)C(=O)[C@@H]3ON2c2ccccc2)c(OC)c1OC. The summed E-state index contributed by atoms with van der Waals surface area (Å²) in [6.07, 6.45) is -0.980. The van der Waals surface area contributed by atoms with Crippen LogP contribution >= 0.6 is 0 Å². The number of carbonyl (C=O) groups excluding carboxylic acids is 2. The molecular weight excluding hydrogens is 448 g/mol. The van der Waals surface area contributed by atoms with Crippen molar-refractivity contribution in [2.45, 2.75) is 19.1 Å². The van der Waals surface area contributed by atoms with Gasteiger partial charge in [-0.3, -0.25) is 14.4 Å². The molecule has 0 radical (unpaired) electrons. The van der Waals surface area contributed by atoms with E-state index in [1.165, 1.54) is 19.1 Å². The lowest BCUT2D eigenvalue weighted by Crippen LogP contribution is -2.37. The monoisotopic (exact) mass is 474 g/mol. The predicted molar refractivity (Wildman–Crippen MR) is 130 cm³/mol. The molecule has 5 rings (SSSR count). The van der Waals surface area contributed by atoms with Crippen LogP contribution in [0.5, 0.6) is 17.2 Å². The van der Waals surface area contributed by atoms with Gasteiger partial charge in [-0.1, -0.05) is 35.9 Å². The zero-order valence-corrected chi connectivity index (χ0v) is 19.9. The van der Waals surface area contributed by atoms with Crippen molar-refractivity contribution in [3.63, 3.8) is 0 Å². The number of imide groups is 1. The quantitative estimate of drug-likeness (QED) is 0.499. The Morgan fingerprint density at radius 1 is 0.743 bits per heavy atom. The Morgan fingerprint density at radius 2 is 1.43 bits per heavy atom. The molecule has 0 N–H and O–H groups in total. The van der Waals surface area contributed by atoms with Gasteiger partial charge in [0.05, 0.1) is 32.7 Å². The van der Waals surface area contributed by atoms with Crippen molar-refractivity contribution in [2.24, 2.45) is 5.92 Å². The Kier molecular flexibility index (Phi) is 5.82.